The summed E-state index contributed by atoms with van der Waals surface area (Å²) in [5.74, 6) is 0.168. The maximum atomic E-state index is 12.8. The molecule has 2 atom stereocenters. The largest absolute Gasteiger partial charge is 0.345 e. The zero-order valence-electron chi connectivity index (χ0n) is 11.7. The fourth-order valence-electron chi connectivity index (χ4n) is 2.63. The number of aromatic amines is 1. The highest BCUT2D eigenvalue weighted by molar-refractivity contribution is 7.89. The van der Waals surface area contributed by atoms with Crippen molar-refractivity contribution in [2.45, 2.75) is 24.3 Å². The minimum absolute atomic E-state index is 0. The number of nitrogens with zero attached hydrogens (tertiary/aromatic N) is 2. The average Bonchev–Trinajstić information content (AvgIpc) is 2.86. The van der Waals surface area contributed by atoms with Crippen molar-refractivity contribution in [3.05, 3.63) is 24.5 Å². The van der Waals surface area contributed by atoms with E-state index >= 15 is 0 Å². The van der Waals surface area contributed by atoms with Crippen LogP contribution in [0.3, 0.4) is 0 Å². The van der Waals surface area contributed by atoms with Crippen LogP contribution in [0.2, 0.25) is 0 Å². The van der Waals surface area contributed by atoms with Crippen LogP contribution in [-0.4, -0.2) is 41.8 Å². The van der Waals surface area contributed by atoms with Gasteiger partial charge in [-0.1, -0.05) is 6.92 Å². The highest BCUT2D eigenvalue weighted by Gasteiger charge is 2.33. The number of hydrogen-bond acceptors (Lipinski definition) is 4. The second-order valence-electron chi connectivity index (χ2n) is 5.35. The first-order valence-corrected chi connectivity index (χ1v) is 8.12. The summed E-state index contributed by atoms with van der Waals surface area (Å²) in [6, 6.07) is 3.58. The molecule has 0 bridgehead atoms. The Hall–Kier alpha value is -1.15. The summed E-state index contributed by atoms with van der Waals surface area (Å²) in [6.45, 7) is 2.93. The summed E-state index contributed by atoms with van der Waals surface area (Å²) >= 11 is 0. The molecule has 6 nitrogen and oxygen atoms in total. The van der Waals surface area contributed by atoms with Gasteiger partial charge in [0.25, 0.3) is 0 Å². The molecule has 21 heavy (non-hydrogen) atoms. The number of H-pyrrole nitrogens is 1. The Bertz CT molecular complexity index is 731. The number of nitrogens with one attached hydrogen (secondary N) is 1. The Morgan fingerprint density at radius 3 is 2.95 bits per heavy atom. The van der Waals surface area contributed by atoms with Crippen LogP contribution in [0.15, 0.2) is 29.4 Å². The van der Waals surface area contributed by atoms with E-state index in [9.17, 15) is 8.42 Å². The second-order valence-corrected chi connectivity index (χ2v) is 7.25. The molecule has 2 aromatic heterocycles. The van der Waals surface area contributed by atoms with Crippen LogP contribution in [-0.2, 0) is 10.0 Å². The average molecular weight is 331 g/mol. The van der Waals surface area contributed by atoms with Crippen molar-refractivity contribution < 1.29 is 8.42 Å². The maximum absolute atomic E-state index is 12.8. The fraction of sp³-hybridized carbons (Fsp3) is 0.462. The van der Waals surface area contributed by atoms with Crippen molar-refractivity contribution in [2.75, 3.05) is 13.1 Å². The van der Waals surface area contributed by atoms with E-state index in [-0.39, 0.29) is 24.4 Å². The molecule has 0 amide bonds. The molecule has 3 rings (SSSR count). The lowest BCUT2D eigenvalue weighted by Gasteiger charge is -2.34. The second kappa shape index (κ2) is 5.92. The zero-order chi connectivity index (χ0) is 14.3. The van der Waals surface area contributed by atoms with Gasteiger partial charge in [0.15, 0.2) is 0 Å². The Morgan fingerprint density at radius 2 is 2.24 bits per heavy atom. The van der Waals surface area contributed by atoms with Gasteiger partial charge in [-0.05, 0) is 24.5 Å². The standard InChI is InChI=1S/C13H18N4O2S.ClH/c1-9-8-17(6-4-11(9)14)20(18,19)12-7-16-13-10(12)3-2-5-15-13;/h2-3,5,7,9,11H,4,6,8,14H2,1H3,(H,15,16);1H. The number of fused-ring (bicyclic) bond motifs is 1. The van der Waals surface area contributed by atoms with E-state index in [1.54, 1.807) is 18.3 Å². The zero-order valence-corrected chi connectivity index (χ0v) is 13.3. The summed E-state index contributed by atoms with van der Waals surface area (Å²) in [4.78, 5) is 7.34. The first-order chi connectivity index (χ1) is 9.50. The number of halogens is 1. The van der Waals surface area contributed by atoms with E-state index in [4.69, 9.17) is 5.73 Å². The van der Waals surface area contributed by atoms with Crippen molar-refractivity contribution in [1.82, 2.24) is 14.3 Å². The van der Waals surface area contributed by atoms with Crippen LogP contribution in [0.4, 0.5) is 0 Å². The third-order valence-corrected chi connectivity index (χ3v) is 5.87. The molecule has 1 saturated heterocycles. The number of sulfonamides is 1. The van der Waals surface area contributed by atoms with Crippen molar-refractivity contribution in [3.8, 4) is 0 Å². The molecular weight excluding hydrogens is 312 g/mol. The smallest absolute Gasteiger partial charge is 0.245 e. The number of aromatic nitrogens is 2. The fourth-order valence-corrected chi connectivity index (χ4v) is 4.33. The third-order valence-electron chi connectivity index (χ3n) is 3.97. The van der Waals surface area contributed by atoms with E-state index in [0.717, 1.165) is 0 Å². The predicted molar refractivity (Wildman–Crippen MR) is 83.9 cm³/mol. The summed E-state index contributed by atoms with van der Waals surface area (Å²) < 4.78 is 27.0. The van der Waals surface area contributed by atoms with Crippen LogP contribution in [0.25, 0.3) is 11.0 Å². The summed E-state index contributed by atoms with van der Waals surface area (Å²) in [7, 11) is -3.50. The molecule has 116 valence electrons. The van der Waals surface area contributed by atoms with E-state index in [0.29, 0.717) is 35.4 Å². The molecule has 1 fully saturated rings. The Kier molecular flexibility index (Phi) is 4.57. The van der Waals surface area contributed by atoms with Gasteiger partial charge in [-0.15, -0.1) is 12.4 Å². The first-order valence-electron chi connectivity index (χ1n) is 6.68. The van der Waals surface area contributed by atoms with Gasteiger partial charge in [0.05, 0.1) is 0 Å². The molecule has 8 heteroatoms. The summed E-state index contributed by atoms with van der Waals surface area (Å²) in [6.07, 6.45) is 3.85. The van der Waals surface area contributed by atoms with Gasteiger partial charge in [0.1, 0.15) is 10.5 Å². The van der Waals surface area contributed by atoms with Crippen LogP contribution in [0.5, 0.6) is 0 Å². The molecule has 2 unspecified atom stereocenters. The van der Waals surface area contributed by atoms with Crippen molar-refractivity contribution in [1.29, 1.82) is 0 Å². The number of pyridine rings is 1. The quantitative estimate of drug-likeness (QED) is 0.869. The molecular formula is C13H19ClN4O2S. The lowest BCUT2D eigenvalue weighted by Crippen LogP contribution is -2.48. The first kappa shape index (κ1) is 16.2. The van der Waals surface area contributed by atoms with Gasteiger partial charge in [0.2, 0.25) is 10.0 Å². The molecule has 0 radical (unpaired) electrons. The molecule has 2 aromatic rings. The number of nitrogens with two attached hydrogens (primary N) is 1. The highest BCUT2D eigenvalue weighted by Crippen LogP contribution is 2.27. The SMILES string of the molecule is CC1CN(S(=O)(=O)c2c[nH]c3ncccc23)CCC1N.Cl. The van der Waals surface area contributed by atoms with Gasteiger partial charge in [-0.3, -0.25) is 0 Å². The van der Waals surface area contributed by atoms with Crippen LogP contribution in [0.1, 0.15) is 13.3 Å². The third kappa shape index (κ3) is 2.78. The highest BCUT2D eigenvalue weighted by atomic mass is 35.5. The lowest BCUT2D eigenvalue weighted by molar-refractivity contribution is 0.250. The lowest BCUT2D eigenvalue weighted by atomic mass is 9.96. The van der Waals surface area contributed by atoms with E-state index in [1.165, 1.54) is 10.5 Å². The molecule has 0 saturated carbocycles. The number of rotatable bonds is 2. The van der Waals surface area contributed by atoms with Crippen LogP contribution in [0, 0.1) is 5.92 Å². The molecule has 0 spiro atoms. The molecule has 3 heterocycles. The van der Waals surface area contributed by atoms with Crippen molar-refractivity contribution in [2.24, 2.45) is 11.7 Å². The molecule has 3 N–H and O–H groups in total. The van der Waals surface area contributed by atoms with E-state index in [1.807, 2.05) is 6.92 Å². The number of piperidine rings is 1. The van der Waals surface area contributed by atoms with E-state index in [2.05, 4.69) is 9.97 Å². The van der Waals surface area contributed by atoms with E-state index < -0.39 is 10.0 Å². The maximum Gasteiger partial charge on any atom is 0.245 e. The minimum atomic E-state index is -3.50. The van der Waals surface area contributed by atoms with Crippen LogP contribution < -0.4 is 5.73 Å². The monoisotopic (exact) mass is 330 g/mol. The Morgan fingerprint density at radius 1 is 1.48 bits per heavy atom. The molecule has 0 aliphatic carbocycles. The van der Waals surface area contributed by atoms with Crippen LogP contribution >= 0.6 is 12.4 Å². The number of hydrogen-bond donors (Lipinski definition) is 2. The van der Waals surface area contributed by atoms with Crippen molar-refractivity contribution in [3.63, 3.8) is 0 Å². The predicted octanol–water partition coefficient (Wildman–Crippen LogP) is 1.34. The van der Waals surface area contributed by atoms with Crippen molar-refractivity contribution >= 4 is 33.5 Å². The van der Waals surface area contributed by atoms with Gasteiger partial charge in [0, 0.05) is 36.9 Å². The van der Waals surface area contributed by atoms with Gasteiger partial charge >= 0.3 is 0 Å². The summed E-state index contributed by atoms with van der Waals surface area (Å²) in [5.41, 5.74) is 6.55. The van der Waals surface area contributed by atoms with Gasteiger partial charge in [-0.2, -0.15) is 4.31 Å². The van der Waals surface area contributed by atoms with Gasteiger partial charge < -0.3 is 10.7 Å². The molecule has 0 aromatic carbocycles. The Balaban J connectivity index is 0.00000161. The topological polar surface area (TPSA) is 92.1 Å². The normalized spacial score (nSPS) is 23.9. The minimum Gasteiger partial charge on any atom is -0.345 e. The summed E-state index contributed by atoms with van der Waals surface area (Å²) in [5, 5.41) is 0.634. The van der Waals surface area contributed by atoms with Gasteiger partial charge in [-0.25, -0.2) is 13.4 Å². The molecule has 1 aliphatic rings. The Labute approximate surface area is 130 Å². The molecule has 1 aliphatic heterocycles.